The predicted octanol–water partition coefficient (Wildman–Crippen LogP) is 0.550. The summed E-state index contributed by atoms with van der Waals surface area (Å²) in [6.07, 6.45) is 1.53. The fraction of sp³-hybridized carbons (Fsp3) is 0.786. The van der Waals surface area contributed by atoms with Gasteiger partial charge in [0.1, 0.15) is 24.2 Å². The Hall–Kier alpha value is -1.59. The minimum atomic E-state index is -0.728. The van der Waals surface area contributed by atoms with Crippen LogP contribution in [-0.4, -0.2) is 58.4 Å². The predicted molar refractivity (Wildman–Crippen MR) is 71.8 cm³/mol. The lowest BCUT2D eigenvalue weighted by Gasteiger charge is -2.39. The molecule has 6 heteroatoms. The molecule has 0 bridgehead atoms. The molecule has 2 rings (SSSR count). The van der Waals surface area contributed by atoms with E-state index >= 15 is 0 Å². The van der Waals surface area contributed by atoms with Crippen LogP contribution < -0.4 is 0 Å². The van der Waals surface area contributed by atoms with E-state index in [1.165, 1.54) is 4.90 Å². The Balaban J connectivity index is 2.10. The minimum Gasteiger partial charge on any atom is -0.458 e. The van der Waals surface area contributed by atoms with Gasteiger partial charge in [-0.1, -0.05) is 0 Å². The molecule has 20 heavy (non-hydrogen) atoms. The lowest BCUT2D eigenvalue weighted by Crippen LogP contribution is -2.61. The van der Waals surface area contributed by atoms with Gasteiger partial charge >= 0.3 is 5.97 Å². The quantitative estimate of drug-likeness (QED) is 0.694. The molecular formula is C14H22N2O4. The van der Waals surface area contributed by atoms with Crippen molar-refractivity contribution in [2.24, 2.45) is 0 Å². The second-order valence-electron chi connectivity index (χ2n) is 6.42. The number of amides is 2. The van der Waals surface area contributed by atoms with Gasteiger partial charge in [0.15, 0.2) is 0 Å². The monoisotopic (exact) mass is 282 g/mol. The molecule has 0 aromatic heterocycles. The van der Waals surface area contributed by atoms with E-state index in [1.54, 1.807) is 32.6 Å². The number of hydrogen-bond acceptors (Lipinski definition) is 4. The summed E-state index contributed by atoms with van der Waals surface area (Å²) in [5.74, 6) is -0.687. The van der Waals surface area contributed by atoms with E-state index in [9.17, 15) is 14.4 Å². The van der Waals surface area contributed by atoms with E-state index in [0.29, 0.717) is 13.0 Å². The Morgan fingerprint density at radius 1 is 1.35 bits per heavy atom. The van der Waals surface area contributed by atoms with E-state index < -0.39 is 17.6 Å². The normalized spacial score (nSPS) is 24.7. The summed E-state index contributed by atoms with van der Waals surface area (Å²) < 4.78 is 5.29. The topological polar surface area (TPSA) is 66.9 Å². The Kier molecular flexibility index (Phi) is 3.75. The summed E-state index contributed by atoms with van der Waals surface area (Å²) in [6.45, 7) is 7.56. The Morgan fingerprint density at radius 2 is 2.00 bits per heavy atom. The maximum absolute atomic E-state index is 12.4. The molecule has 2 fully saturated rings. The molecule has 2 aliphatic heterocycles. The zero-order valence-electron chi connectivity index (χ0n) is 12.5. The average Bonchev–Trinajstić information content (AvgIpc) is 2.80. The smallest absolute Gasteiger partial charge is 0.329 e. The third-order valence-corrected chi connectivity index (χ3v) is 3.66. The summed E-state index contributed by atoms with van der Waals surface area (Å²) in [6, 6.07) is -1.12. The molecule has 2 amide bonds. The standard InChI is InChI=1S/C14H22N2O4/c1-9(13(19)20-14(2,3)4)16-8-11(17)15-7-5-6-10(15)12(16)18/h9-10H,5-8H2,1-4H3. The Morgan fingerprint density at radius 3 is 2.60 bits per heavy atom. The first kappa shape index (κ1) is 14.8. The number of esters is 1. The number of ether oxygens (including phenoxy) is 1. The molecule has 2 aliphatic rings. The highest BCUT2D eigenvalue weighted by Crippen LogP contribution is 2.25. The van der Waals surface area contributed by atoms with E-state index in [4.69, 9.17) is 4.74 Å². The Bertz CT molecular complexity index is 441. The van der Waals surface area contributed by atoms with E-state index in [-0.39, 0.29) is 24.4 Å². The van der Waals surface area contributed by atoms with Crippen LogP contribution in [0.1, 0.15) is 40.5 Å². The molecule has 0 N–H and O–H groups in total. The van der Waals surface area contributed by atoms with Crippen molar-refractivity contribution in [3.05, 3.63) is 0 Å². The number of fused-ring (bicyclic) bond motifs is 1. The zero-order chi connectivity index (χ0) is 15.1. The lowest BCUT2D eigenvalue weighted by molar-refractivity contribution is -0.169. The first-order valence-corrected chi connectivity index (χ1v) is 7.03. The third kappa shape index (κ3) is 2.78. The van der Waals surface area contributed by atoms with Crippen molar-refractivity contribution in [2.45, 2.75) is 58.2 Å². The van der Waals surface area contributed by atoms with Crippen molar-refractivity contribution in [1.82, 2.24) is 9.80 Å². The van der Waals surface area contributed by atoms with Crippen LogP contribution in [0.15, 0.2) is 0 Å². The van der Waals surface area contributed by atoms with Crippen LogP contribution >= 0.6 is 0 Å². The average molecular weight is 282 g/mol. The van der Waals surface area contributed by atoms with Gasteiger partial charge in [0.2, 0.25) is 11.8 Å². The number of rotatable bonds is 2. The first-order chi connectivity index (χ1) is 9.20. The molecule has 0 aromatic rings. The number of hydrogen-bond donors (Lipinski definition) is 0. The molecule has 0 spiro atoms. The summed E-state index contributed by atoms with van der Waals surface area (Å²) in [7, 11) is 0. The van der Waals surface area contributed by atoms with Crippen LogP contribution in [0.25, 0.3) is 0 Å². The van der Waals surface area contributed by atoms with Crippen LogP contribution in [0.5, 0.6) is 0 Å². The van der Waals surface area contributed by atoms with Gasteiger partial charge in [0, 0.05) is 6.54 Å². The fourth-order valence-corrected chi connectivity index (χ4v) is 2.67. The molecule has 6 nitrogen and oxygen atoms in total. The van der Waals surface area contributed by atoms with Gasteiger partial charge in [0.05, 0.1) is 0 Å². The number of piperazine rings is 1. The molecule has 2 atom stereocenters. The molecule has 0 aliphatic carbocycles. The molecular weight excluding hydrogens is 260 g/mol. The molecule has 0 radical (unpaired) electrons. The van der Waals surface area contributed by atoms with Crippen LogP contribution in [0.2, 0.25) is 0 Å². The third-order valence-electron chi connectivity index (χ3n) is 3.66. The molecule has 2 heterocycles. The van der Waals surface area contributed by atoms with Crippen LogP contribution in [0.4, 0.5) is 0 Å². The van der Waals surface area contributed by atoms with Gasteiger partial charge in [-0.3, -0.25) is 9.59 Å². The maximum Gasteiger partial charge on any atom is 0.329 e. The largest absolute Gasteiger partial charge is 0.458 e. The summed E-state index contributed by atoms with van der Waals surface area (Å²) in [4.78, 5) is 39.4. The van der Waals surface area contributed by atoms with Crippen LogP contribution in [-0.2, 0) is 19.1 Å². The molecule has 2 saturated heterocycles. The first-order valence-electron chi connectivity index (χ1n) is 7.03. The Labute approximate surface area is 119 Å². The highest BCUT2D eigenvalue weighted by atomic mass is 16.6. The zero-order valence-corrected chi connectivity index (χ0v) is 12.5. The van der Waals surface area contributed by atoms with Crippen molar-refractivity contribution < 1.29 is 19.1 Å². The molecule has 2 unspecified atom stereocenters. The van der Waals surface area contributed by atoms with Crippen LogP contribution in [0, 0.1) is 0 Å². The maximum atomic E-state index is 12.4. The van der Waals surface area contributed by atoms with Gasteiger partial charge < -0.3 is 14.5 Å². The van der Waals surface area contributed by atoms with Crippen LogP contribution in [0.3, 0.4) is 0 Å². The molecule has 0 saturated carbocycles. The molecule has 0 aromatic carbocycles. The number of carbonyl (C=O) groups excluding carboxylic acids is 3. The van der Waals surface area contributed by atoms with E-state index in [0.717, 1.165) is 6.42 Å². The second-order valence-corrected chi connectivity index (χ2v) is 6.42. The van der Waals surface area contributed by atoms with Gasteiger partial charge in [-0.25, -0.2) is 4.79 Å². The van der Waals surface area contributed by atoms with Gasteiger partial charge in [-0.15, -0.1) is 0 Å². The highest BCUT2D eigenvalue weighted by Gasteiger charge is 2.45. The second kappa shape index (κ2) is 5.07. The van der Waals surface area contributed by atoms with Crippen molar-refractivity contribution in [2.75, 3.05) is 13.1 Å². The number of carbonyl (C=O) groups is 3. The van der Waals surface area contributed by atoms with Gasteiger partial charge in [-0.2, -0.15) is 0 Å². The van der Waals surface area contributed by atoms with Crippen molar-refractivity contribution in [3.8, 4) is 0 Å². The number of nitrogens with zero attached hydrogens (tertiary/aromatic N) is 2. The molecule has 112 valence electrons. The highest BCUT2D eigenvalue weighted by molar-refractivity contribution is 5.97. The summed E-state index contributed by atoms with van der Waals surface area (Å²) in [5, 5.41) is 0. The van der Waals surface area contributed by atoms with Gasteiger partial charge in [0.25, 0.3) is 0 Å². The summed E-state index contributed by atoms with van der Waals surface area (Å²) >= 11 is 0. The van der Waals surface area contributed by atoms with E-state index in [1.807, 2.05) is 0 Å². The van der Waals surface area contributed by atoms with Crippen molar-refractivity contribution in [1.29, 1.82) is 0 Å². The lowest BCUT2D eigenvalue weighted by atomic mass is 10.1. The SMILES string of the molecule is CC(C(=O)OC(C)(C)C)N1CC(=O)N2CCCC2C1=O. The van der Waals surface area contributed by atoms with Crippen molar-refractivity contribution in [3.63, 3.8) is 0 Å². The van der Waals surface area contributed by atoms with Crippen molar-refractivity contribution >= 4 is 17.8 Å². The van der Waals surface area contributed by atoms with Gasteiger partial charge in [-0.05, 0) is 40.5 Å². The van der Waals surface area contributed by atoms with E-state index in [2.05, 4.69) is 0 Å². The fourth-order valence-electron chi connectivity index (χ4n) is 2.67. The minimum absolute atomic E-state index is 0.0320. The summed E-state index contributed by atoms with van der Waals surface area (Å²) in [5.41, 5.74) is -0.604.